The topological polar surface area (TPSA) is 53.1 Å². The van der Waals surface area contributed by atoms with E-state index in [1.165, 1.54) is 0 Å². The van der Waals surface area contributed by atoms with Gasteiger partial charge in [-0.3, -0.25) is 14.5 Å². The molecule has 1 spiro atoms. The zero-order valence-electron chi connectivity index (χ0n) is 16.7. The standard InChI is InChI=1S/C21H31N3O3/c1-4-23-12-11-21(10-9-19(23)25)16-24(14-13-22(21)2)20(26)15-17-7-5-6-8-18(17)27-3/h5-8H,4,9-16H2,1-3H3/t21-/m1/s1. The molecular formula is C21H31N3O3. The third kappa shape index (κ3) is 4.10. The molecule has 148 valence electrons. The van der Waals surface area contributed by atoms with Crippen LogP contribution in [0.3, 0.4) is 0 Å². The van der Waals surface area contributed by atoms with Gasteiger partial charge >= 0.3 is 0 Å². The summed E-state index contributed by atoms with van der Waals surface area (Å²) in [6, 6.07) is 7.70. The summed E-state index contributed by atoms with van der Waals surface area (Å²) >= 11 is 0. The highest BCUT2D eigenvalue weighted by Crippen LogP contribution is 2.32. The second kappa shape index (κ2) is 8.30. The third-order valence-electron chi connectivity index (χ3n) is 6.27. The number of ether oxygens (including phenoxy) is 1. The number of benzene rings is 1. The van der Waals surface area contributed by atoms with Crippen molar-refractivity contribution in [2.45, 2.75) is 38.1 Å². The summed E-state index contributed by atoms with van der Waals surface area (Å²) in [6.45, 7) is 5.84. The normalized spacial score (nSPS) is 24.2. The summed E-state index contributed by atoms with van der Waals surface area (Å²) in [5, 5.41) is 0. The Labute approximate surface area is 162 Å². The molecule has 1 aromatic carbocycles. The molecule has 0 N–H and O–H groups in total. The Bertz CT molecular complexity index is 693. The number of methoxy groups -OCH3 is 1. The smallest absolute Gasteiger partial charge is 0.227 e. The number of likely N-dealkylation sites (N-methyl/N-ethyl adjacent to an activating group) is 1. The molecular weight excluding hydrogens is 342 g/mol. The number of likely N-dealkylation sites (tertiary alicyclic amines) is 1. The predicted molar refractivity (Wildman–Crippen MR) is 105 cm³/mol. The molecule has 1 atom stereocenters. The van der Waals surface area contributed by atoms with Gasteiger partial charge in [0.1, 0.15) is 5.75 Å². The molecule has 2 fully saturated rings. The minimum atomic E-state index is -0.103. The van der Waals surface area contributed by atoms with Crippen LogP contribution in [0.2, 0.25) is 0 Å². The van der Waals surface area contributed by atoms with Crippen LogP contribution in [-0.2, 0) is 16.0 Å². The maximum atomic E-state index is 13.0. The fourth-order valence-corrected chi connectivity index (χ4v) is 4.36. The van der Waals surface area contributed by atoms with E-state index in [1.54, 1.807) is 7.11 Å². The van der Waals surface area contributed by atoms with E-state index in [2.05, 4.69) is 11.9 Å². The van der Waals surface area contributed by atoms with Gasteiger partial charge in [0.05, 0.1) is 13.5 Å². The summed E-state index contributed by atoms with van der Waals surface area (Å²) in [7, 11) is 3.77. The molecule has 2 heterocycles. The molecule has 0 saturated carbocycles. The molecule has 0 aromatic heterocycles. The lowest BCUT2D eigenvalue weighted by atomic mass is 9.86. The van der Waals surface area contributed by atoms with Crippen molar-refractivity contribution in [2.24, 2.45) is 0 Å². The van der Waals surface area contributed by atoms with E-state index in [1.807, 2.05) is 41.0 Å². The molecule has 2 amide bonds. The molecule has 27 heavy (non-hydrogen) atoms. The number of hydrogen-bond donors (Lipinski definition) is 0. The third-order valence-corrected chi connectivity index (χ3v) is 6.27. The quantitative estimate of drug-likeness (QED) is 0.807. The fourth-order valence-electron chi connectivity index (χ4n) is 4.36. The van der Waals surface area contributed by atoms with Crippen LogP contribution in [-0.4, -0.2) is 78.9 Å². The van der Waals surface area contributed by atoms with Crippen molar-refractivity contribution in [3.05, 3.63) is 29.8 Å². The highest BCUT2D eigenvalue weighted by molar-refractivity contribution is 5.80. The van der Waals surface area contributed by atoms with Crippen LogP contribution < -0.4 is 4.74 Å². The van der Waals surface area contributed by atoms with Gasteiger partial charge in [-0.15, -0.1) is 0 Å². The first-order valence-corrected chi connectivity index (χ1v) is 9.88. The van der Waals surface area contributed by atoms with E-state index in [0.29, 0.717) is 19.4 Å². The van der Waals surface area contributed by atoms with Crippen molar-refractivity contribution in [1.29, 1.82) is 0 Å². The average Bonchev–Trinajstić information content (AvgIpc) is 2.84. The molecule has 2 aliphatic heterocycles. The van der Waals surface area contributed by atoms with Gasteiger partial charge in [0.15, 0.2) is 0 Å². The molecule has 6 heteroatoms. The molecule has 0 aliphatic carbocycles. The Morgan fingerprint density at radius 2 is 1.96 bits per heavy atom. The number of piperazine rings is 1. The minimum absolute atomic E-state index is 0.103. The Morgan fingerprint density at radius 3 is 2.70 bits per heavy atom. The summed E-state index contributed by atoms with van der Waals surface area (Å²) in [6.07, 6.45) is 2.65. The molecule has 3 rings (SSSR count). The van der Waals surface area contributed by atoms with Gasteiger partial charge in [-0.2, -0.15) is 0 Å². The van der Waals surface area contributed by atoms with E-state index in [0.717, 1.165) is 50.3 Å². The minimum Gasteiger partial charge on any atom is -0.496 e. The highest BCUT2D eigenvalue weighted by atomic mass is 16.5. The lowest BCUT2D eigenvalue weighted by Crippen LogP contribution is -2.62. The first kappa shape index (κ1) is 19.7. The fraction of sp³-hybridized carbons (Fsp3) is 0.619. The van der Waals surface area contributed by atoms with Crippen molar-refractivity contribution in [3.63, 3.8) is 0 Å². The summed E-state index contributed by atoms with van der Waals surface area (Å²) < 4.78 is 5.39. The van der Waals surface area contributed by atoms with Crippen LogP contribution in [0.1, 0.15) is 31.7 Å². The van der Waals surface area contributed by atoms with Crippen LogP contribution in [0.25, 0.3) is 0 Å². The van der Waals surface area contributed by atoms with Crippen LogP contribution in [0.5, 0.6) is 5.75 Å². The maximum absolute atomic E-state index is 13.0. The lowest BCUT2D eigenvalue weighted by Gasteiger charge is -2.49. The average molecular weight is 373 g/mol. The van der Waals surface area contributed by atoms with Gasteiger partial charge in [-0.1, -0.05) is 18.2 Å². The monoisotopic (exact) mass is 373 g/mol. The first-order chi connectivity index (χ1) is 13.0. The Kier molecular flexibility index (Phi) is 6.05. The summed E-state index contributed by atoms with van der Waals surface area (Å²) in [5.41, 5.74) is 0.819. The van der Waals surface area contributed by atoms with E-state index >= 15 is 0 Å². The van der Waals surface area contributed by atoms with Crippen molar-refractivity contribution >= 4 is 11.8 Å². The lowest BCUT2D eigenvalue weighted by molar-refractivity contribution is -0.136. The molecule has 1 aromatic rings. The number of nitrogens with zero attached hydrogens (tertiary/aromatic N) is 3. The molecule has 2 saturated heterocycles. The number of para-hydroxylation sites is 1. The van der Waals surface area contributed by atoms with E-state index in [-0.39, 0.29) is 17.4 Å². The SMILES string of the molecule is CCN1CC[C@]2(CCC1=O)CN(C(=O)Cc1ccccc1OC)CCN2C. The second-order valence-corrected chi connectivity index (χ2v) is 7.67. The van der Waals surface area contributed by atoms with Crippen molar-refractivity contribution in [2.75, 3.05) is 46.9 Å². The van der Waals surface area contributed by atoms with Gasteiger partial charge in [-0.25, -0.2) is 0 Å². The summed E-state index contributed by atoms with van der Waals surface area (Å²) in [5.74, 6) is 1.13. The maximum Gasteiger partial charge on any atom is 0.227 e. The molecule has 0 radical (unpaired) electrons. The van der Waals surface area contributed by atoms with Gasteiger partial charge < -0.3 is 14.5 Å². The van der Waals surface area contributed by atoms with Crippen LogP contribution in [0.4, 0.5) is 0 Å². The zero-order chi connectivity index (χ0) is 19.4. The molecule has 6 nitrogen and oxygen atoms in total. The number of rotatable bonds is 4. The van der Waals surface area contributed by atoms with Gasteiger partial charge in [0, 0.05) is 50.2 Å². The van der Waals surface area contributed by atoms with Crippen molar-refractivity contribution < 1.29 is 14.3 Å². The number of hydrogen-bond acceptors (Lipinski definition) is 4. The highest BCUT2D eigenvalue weighted by Gasteiger charge is 2.43. The number of carbonyl (C=O) groups excluding carboxylic acids is 2. The van der Waals surface area contributed by atoms with Gasteiger partial charge in [0.25, 0.3) is 0 Å². The van der Waals surface area contributed by atoms with Crippen LogP contribution >= 0.6 is 0 Å². The van der Waals surface area contributed by atoms with E-state index in [4.69, 9.17) is 4.74 Å². The molecule has 2 aliphatic rings. The zero-order valence-corrected chi connectivity index (χ0v) is 16.7. The van der Waals surface area contributed by atoms with Crippen molar-refractivity contribution in [1.82, 2.24) is 14.7 Å². The number of carbonyl (C=O) groups is 2. The second-order valence-electron chi connectivity index (χ2n) is 7.67. The Morgan fingerprint density at radius 1 is 1.19 bits per heavy atom. The van der Waals surface area contributed by atoms with E-state index in [9.17, 15) is 9.59 Å². The van der Waals surface area contributed by atoms with Gasteiger partial charge in [0.2, 0.25) is 11.8 Å². The molecule has 0 unspecified atom stereocenters. The van der Waals surface area contributed by atoms with E-state index < -0.39 is 0 Å². The largest absolute Gasteiger partial charge is 0.496 e. The van der Waals surface area contributed by atoms with Crippen LogP contribution in [0.15, 0.2) is 24.3 Å². The van der Waals surface area contributed by atoms with Gasteiger partial charge in [-0.05, 0) is 32.9 Å². The Balaban J connectivity index is 1.72. The first-order valence-electron chi connectivity index (χ1n) is 9.88. The predicted octanol–water partition coefficient (Wildman–Crippen LogP) is 1.78. The summed E-state index contributed by atoms with van der Waals surface area (Å²) in [4.78, 5) is 31.6. The Hall–Kier alpha value is -2.08. The van der Waals surface area contributed by atoms with Crippen LogP contribution in [0, 0.1) is 0 Å². The number of amides is 2. The molecule has 0 bridgehead atoms. The van der Waals surface area contributed by atoms with Crippen molar-refractivity contribution in [3.8, 4) is 5.75 Å².